The molecule has 0 aliphatic carbocycles. The van der Waals surface area contributed by atoms with Crippen molar-refractivity contribution < 1.29 is 9.26 Å². The van der Waals surface area contributed by atoms with Crippen molar-refractivity contribution >= 4 is 19.3 Å². The number of ether oxygens (including phenoxy) is 1. The van der Waals surface area contributed by atoms with Crippen molar-refractivity contribution in [1.29, 1.82) is 0 Å². The monoisotopic (exact) mass is 422 g/mol. The zero-order valence-corrected chi connectivity index (χ0v) is 19.7. The van der Waals surface area contributed by atoms with Gasteiger partial charge >= 0.3 is 0 Å². The normalized spacial score (nSPS) is 26.3. The molecule has 7 nitrogen and oxygen atoms in total. The van der Waals surface area contributed by atoms with Gasteiger partial charge in [0.1, 0.15) is 25.9 Å². The van der Waals surface area contributed by atoms with Gasteiger partial charge in [-0.3, -0.25) is 9.46 Å². The summed E-state index contributed by atoms with van der Waals surface area (Å²) in [5.74, 6) is 0.846. The van der Waals surface area contributed by atoms with Crippen LogP contribution in [0.1, 0.15) is 60.0 Å². The number of aromatic nitrogens is 3. The standard InChI is InChI=1S/C21H35N4O3P/c1-9-17-14(6)18(28-29(8)25(12(2)3)13(4)5)21(27-17)24-11-10-16-19(24)22-15(7)23-20(16)26/h10-14,17-18,21H,9H2,1-8H3,(H,22,23,26)/t14-,17+,18?,21+,29?/m0/s1. The maximum absolute atomic E-state index is 12.3. The fraction of sp³-hybridized carbons (Fsp3) is 0.714. The molecule has 8 heteroatoms. The smallest absolute Gasteiger partial charge is 0.260 e. The molecule has 1 N–H and O–H groups in total. The van der Waals surface area contributed by atoms with Crippen LogP contribution < -0.4 is 5.56 Å². The third-order valence-electron chi connectivity index (χ3n) is 5.73. The molecule has 0 spiro atoms. The minimum absolute atomic E-state index is 0.104. The van der Waals surface area contributed by atoms with Gasteiger partial charge < -0.3 is 18.8 Å². The number of rotatable bonds is 7. The van der Waals surface area contributed by atoms with E-state index in [0.717, 1.165) is 6.42 Å². The highest BCUT2D eigenvalue weighted by Crippen LogP contribution is 2.49. The molecular formula is C21H35N4O3P. The molecule has 29 heavy (non-hydrogen) atoms. The van der Waals surface area contributed by atoms with Crippen molar-refractivity contribution in [2.75, 3.05) is 6.66 Å². The first-order valence-corrected chi connectivity index (χ1v) is 12.2. The zero-order chi connectivity index (χ0) is 21.5. The van der Waals surface area contributed by atoms with Gasteiger partial charge in [0.05, 0.1) is 11.5 Å². The fourth-order valence-corrected chi connectivity index (χ4v) is 6.59. The molecule has 3 rings (SSSR count). The molecule has 2 aromatic rings. The van der Waals surface area contributed by atoms with Crippen LogP contribution in [0, 0.1) is 12.8 Å². The molecule has 1 aliphatic rings. The van der Waals surface area contributed by atoms with Crippen molar-refractivity contribution in [2.24, 2.45) is 5.92 Å². The number of hydrogen-bond acceptors (Lipinski definition) is 5. The van der Waals surface area contributed by atoms with E-state index in [1.807, 2.05) is 16.8 Å². The second-order valence-electron chi connectivity index (χ2n) is 8.55. The number of aromatic amines is 1. The summed E-state index contributed by atoms with van der Waals surface area (Å²) in [5, 5.41) is 0.579. The highest BCUT2D eigenvalue weighted by molar-refractivity contribution is 7.49. The number of aryl methyl sites for hydroxylation is 1. The molecule has 1 fully saturated rings. The van der Waals surface area contributed by atoms with Crippen LogP contribution in [0.2, 0.25) is 0 Å². The van der Waals surface area contributed by atoms with E-state index in [4.69, 9.17) is 9.26 Å². The maximum Gasteiger partial charge on any atom is 0.260 e. The van der Waals surface area contributed by atoms with Gasteiger partial charge in [0, 0.05) is 24.2 Å². The van der Waals surface area contributed by atoms with Gasteiger partial charge in [-0.2, -0.15) is 0 Å². The van der Waals surface area contributed by atoms with Crippen LogP contribution in [0.25, 0.3) is 11.0 Å². The number of nitrogens with zero attached hydrogens (tertiary/aromatic N) is 3. The molecule has 0 radical (unpaired) electrons. The summed E-state index contributed by atoms with van der Waals surface area (Å²) in [6.07, 6.45) is 2.53. The van der Waals surface area contributed by atoms with Crippen LogP contribution in [0.4, 0.5) is 0 Å². The summed E-state index contributed by atoms with van der Waals surface area (Å²) in [7, 11) is -0.791. The Balaban J connectivity index is 1.98. The van der Waals surface area contributed by atoms with Crippen LogP contribution in [0.15, 0.2) is 17.1 Å². The third-order valence-corrected chi connectivity index (χ3v) is 7.86. The van der Waals surface area contributed by atoms with Gasteiger partial charge in [-0.15, -0.1) is 0 Å². The Hall–Kier alpha value is -1.27. The molecule has 0 bridgehead atoms. The summed E-state index contributed by atoms with van der Waals surface area (Å²) >= 11 is 0. The summed E-state index contributed by atoms with van der Waals surface area (Å²) < 4.78 is 17.6. The molecule has 2 aromatic heterocycles. The van der Waals surface area contributed by atoms with E-state index in [1.165, 1.54) is 0 Å². The van der Waals surface area contributed by atoms with Crippen LogP contribution >= 0.6 is 8.30 Å². The van der Waals surface area contributed by atoms with E-state index in [0.29, 0.717) is 28.9 Å². The molecule has 162 valence electrons. The Morgan fingerprint density at radius 3 is 2.59 bits per heavy atom. The van der Waals surface area contributed by atoms with Crippen LogP contribution in [0.3, 0.4) is 0 Å². The number of nitrogens with one attached hydrogen (secondary N) is 1. The lowest BCUT2D eigenvalue weighted by atomic mass is 9.99. The van der Waals surface area contributed by atoms with Crippen molar-refractivity contribution in [2.45, 2.75) is 85.4 Å². The SMILES string of the molecule is CC[C@H]1O[C@@H](n2ccc3c(=O)[nH]c(C)nc32)C(OP(C)N(C(C)C)C(C)C)[C@H]1C. The Bertz CT molecular complexity index is 886. The zero-order valence-electron chi connectivity index (χ0n) is 18.8. The summed E-state index contributed by atoms with van der Waals surface area (Å²) in [5.41, 5.74) is 0.532. The molecule has 0 saturated carbocycles. The van der Waals surface area contributed by atoms with Gasteiger partial charge in [0.15, 0.2) is 6.23 Å². The molecule has 0 aromatic carbocycles. The quantitative estimate of drug-likeness (QED) is 0.669. The van der Waals surface area contributed by atoms with Crippen LogP contribution in [-0.2, 0) is 9.26 Å². The minimum Gasteiger partial charge on any atom is -0.352 e. The van der Waals surface area contributed by atoms with E-state index in [2.05, 4.69) is 62.8 Å². The van der Waals surface area contributed by atoms with Gasteiger partial charge in [0.25, 0.3) is 5.56 Å². The lowest BCUT2D eigenvalue weighted by molar-refractivity contribution is -0.0284. The topological polar surface area (TPSA) is 72.4 Å². The second kappa shape index (κ2) is 8.84. The van der Waals surface area contributed by atoms with Gasteiger partial charge in [-0.25, -0.2) is 4.98 Å². The van der Waals surface area contributed by atoms with Crippen molar-refractivity contribution in [3.63, 3.8) is 0 Å². The van der Waals surface area contributed by atoms with Crippen molar-refractivity contribution in [3.8, 4) is 0 Å². The average Bonchev–Trinajstić information content (AvgIpc) is 3.16. The second-order valence-corrected chi connectivity index (χ2v) is 10.1. The van der Waals surface area contributed by atoms with Crippen molar-refractivity contribution in [3.05, 3.63) is 28.4 Å². The Morgan fingerprint density at radius 1 is 1.34 bits per heavy atom. The molecule has 2 unspecified atom stereocenters. The van der Waals surface area contributed by atoms with Gasteiger partial charge in [0.2, 0.25) is 0 Å². The highest BCUT2D eigenvalue weighted by Gasteiger charge is 2.45. The summed E-state index contributed by atoms with van der Waals surface area (Å²) in [4.78, 5) is 19.7. The van der Waals surface area contributed by atoms with E-state index in [-0.39, 0.29) is 29.9 Å². The average molecular weight is 423 g/mol. The largest absolute Gasteiger partial charge is 0.352 e. The molecule has 3 heterocycles. The van der Waals surface area contributed by atoms with E-state index < -0.39 is 8.30 Å². The Kier molecular flexibility index (Phi) is 6.84. The van der Waals surface area contributed by atoms with Crippen LogP contribution in [-0.4, -0.2) is 50.2 Å². The third kappa shape index (κ3) is 4.29. The maximum atomic E-state index is 12.3. The first kappa shape index (κ1) is 22.4. The minimum atomic E-state index is -0.791. The van der Waals surface area contributed by atoms with Gasteiger partial charge in [-0.05, 0) is 53.8 Å². The Labute approximate surface area is 174 Å². The molecule has 0 amide bonds. The predicted octanol–water partition coefficient (Wildman–Crippen LogP) is 4.42. The van der Waals surface area contributed by atoms with Crippen LogP contribution in [0.5, 0.6) is 0 Å². The fourth-order valence-electron chi connectivity index (χ4n) is 4.53. The lowest BCUT2D eigenvalue weighted by Gasteiger charge is -2.38. The number of fused-ring (bicyclic) bond motifs is 1. The number of H-pyrrole nitrogens is 1. The summed E-state index contributed by atoms with van der Waals surface area (Å²) in [6.45, 7) is 17.2. The van der Waals surface area contributed by atoms with Crippen molar-refractivity contribution in [1.82, 2.24) is 19.2 Å². The van der Waals surface area contributed by atoms with E-state index in [1.54, 1.807) is 6.92 Å². The predicted molar refractivity (Wildman–Crippen MR) is 118 cm³/mol. The van der Waals surface area contributed by atoms with E-state index >= 15 is 0 Å². The highest BCUT2D eigenvalue weighted by atomic mass is 31.2. The molecule has 1 aliphatic heterocycles. The van der Waals surface area contributed by atoms with Gasteiger partial charge in [-0.1, -0.05) is 13.8 Å². The number of hydrogen-bond donors (Lipinski definition) is 1. The Morgan fingerprint density at radius 2 is 2.00 bits per heavy atom. The first-order valence-electron chi connectivity index (χ1n) is 10.6. The lowest BCUT2D eigenvalue weighted by Crippen LogP contribution is -2.35. The van der Waals surface area contributed by atoms with E-state index in [9.17, 15) is 4.79 Å². The molecular weight excluding hydrogens is 387 g/mol. The molecule has 1 saturated heterocycles. The first-order chi connectivity index (χ1) is 13.6. The summed E-state index contributed by atoms with van der Waals surface area (Å²) in [6, 6.07) is 2.62. The molecule has 5 atom stereocenters.